The van der Waals surface area contributed by atoms with E-state index in [1.807, 2.05) is 24.3 Å². The molecule has 0 radical (unpaired) electrons. The van der Waals surface area contributed by atoms with Gasteiger partial charge in [0.25, 0.3) is 0 Å². The molecule has 0 saturated heterocycles. The van der Waals surface area contributed by atoms with E-state index in [1.165, 1.54) is 6.26 Å². The summed E-state index contributed by atoms with van der Waals surface area (Å²) in [6.07, 6.45) is 1.51. The van der Waals surface area contributed by atoms with Crippen LogP contribution in [0.2, 0.25) is 0 Å². The van der Waals surface area contributed by atoms with Crippen LogP contribution in [0, 0.1) is 0 Å². The fourth-order valence-corrected chi connectivity index (χ4v) is 3.68. The van der Waals surface area contributed by atoms with Crippen molar-refractivity contribution in [2.24, 2.45) is 0 Å². The SMILES string of the molecule is CS(=O)(=O)c1ccccc1C1NC(=O)Cc2ccccc21. The number of benzene rings is 2. The van der Waals surface area contributed by atoms with Gasteiger partial charge >= 0.3 is 0 Å². The first kappa shape index (κ1) is 13.8. The molecular weight excluding hydrogens is 286 g/mol. The molecule has 0 aliphatic carbocycles. The van der Waals surface area contributed by atoms with E-state index >= 15 is 0 Å². The maximum atomic E-state index is 12.0. The van der Waals surface area contributed by atoms with Gasteiger partial charge in [-0.05, 0) is 22.8 Å². The molecule has 1 unspecified atom stereocenters. The molecule has 1 heterocycles. The fraction of sp³-hybridized carbons (Fsp3) is 0.188. The topological polar surface area (TPSA) is 63.2 Å². The van der Waals surface area contributed by atoms with Crippen molar-refractivity contribution in [3.63, 3.8) is 0 Å². The summed E-state index contributed by atoms with van der Waals surface area (Å²) < 4.78 is 24.0. The van der Waals surface area contributed by atoms with Gasteiger partial charge in [0.1, 0.15) is 0 Å². The number of fused-ring (bicyclic) bond motifs is 1. The zero-order valence-corrected chi connectivity index (χ0v) is 12.4. The summed E-state index contributed by atoms with van der Waals surface area (Å²) in [7, 11) is -3.35. The molecule has 21 heavy (non-hydrogen) atoms. The Bertz CT molecular complexity index is 812. The maximum Gasteiger partial charge on any atom is 0.225 e. The highest BCUT2D eigenvalue weighted by atomic mass is 32.2. The third-order valence-electron chi connectivity index (χ3n) is 3.65. The lowest BCUT2D eigenvalue weighted by atomic mass is 9.89. The van der Waals surface area contributed by atoms with Crippen LogP contribution in [-0.2, 0) is 21.1 Å². The second kappa shape index (κ2) is 5.00. The van der Waals surface area contributed by atoms with Gasteiger partial charge in [0, 0.05) is 6.26 Å². The smallest absolute Gasteiger partial charge is 0.225 e. The Labute approximate surface area is 123 Å². The summed E-state index contributed by atoms with van der Waals surface area (Å²) in [6.45, 7) is 0. The van der Waals surface area contributed by atoms with E-state index < -0.39 is 15.9 Å². The molecule has 1 atom stereocenters. The molecular formula is C16H15NO3S. The van der Waals surface area contributed by atoms with Crippen molar-refractivity contribution in [1.82, 2.24) is 5.32 Å². The molecule has 1 amide bonds. The fourth-order valence-electron chi connectivity index (χ4n) is 2.74. The molecule has 0 saturated carbocycles. The summed E-state index contributed by atoms with van der Waals surface area (Å²) in [4.78, 5) is 12.2. The molecule has 1 N–H and O–H groups in total. The number of rotatable bonds is 2. The molecule has 0 aromatic heterocycles. The van der Waals surface area contributed by atoms with Gasteiger partial charge < -0.3 is 5.32 Å². The largest absolute Gasteiger partial charge is 0.345 e. The molecule has 4 nitrogen and oxygen atoms in total. The van der Waals surface area contributed by atoms with Crippen molar-refractivity contribution >= 4 is 15.7 Å². The van der Waals surface area contributed by atoms with Crippen LogP contribution in [0.15, 0.2) is 53.4 Å². The Morgan fingerprint density at radius 2 is 1.62 bits per heavy atom. The summed E-state index contributed by atoms with van der Waals surface area (Å²) in [6, 6.07) is 14.0. The van der Waals surface area contributed by atoms with Gasteiger partial charge in [-0.3, -0.25) is 4.79 Å². The Morgan fingerprint density at radius 1 is 1.00 bits per heavy atom. The Morgan fingerprint density at radius 3 is 2.33 bits per heavy atom. The standard InChI is InChI=1S/C16H15NO3S/c1-21(19,20)14-9-5-4-8-13(14)16-12-7-3-2-6-11(12)10-15(18)17-16/h2-9,16H,10H2,1H3,(H,17,18). The first-order valence-electron chi connectivity index (χ1n) is 6.63. The number of hydrogen-bond donors (Lipinski definition) is 1. The highest BCUT2D eigenvalue weighted by Crippen LogP contribution is 2.32. The molecule has 5 heteroatoms. The molecule has 0 spiro atoms. The molecule has 3 rings (SSSR count). The number of sulfone groups is 1. The van der Waals surface area contributed by atoms with Crippen LogP contribution >= 0.6 is 0 Å². The molecule has 108 valence electrons. The predicted molar refractivity (Wildman–Crippen MR) is 79.7 cm³/mol. The van der Waals surface area contributed by atoms with Crippen molar-refractivity contribution in [3.05, 3.63) is 65.2 Å². The molecule has 1 aliphatic rings. The summed E-state index contributed by atoms with van der Waals surface area (Å²) in [5, 5.41) is 2.90. The van der Waals surface area contributed by atoms with Crippen molar-refractivity contribution in [3.8, 4) is 0 Å². The first-order chi connectivity index (χ1) is 9.97. The van der Waals surface area contributed by atoms with Gasteiger partial charge in [0.15, 0.2) is 9.84 Å². The second-order valence-corrected chi connectivity index (χ2v) is 7.17. The zero-order chi connectivity index (χ0) is 15.0. The van der Waals surface area contributed by atoms with Crippen LogP contribution in [0.25, 0.3) is 0 Å². The molecule has 2 aromatic rings. The molecule has 1 aliphatic heterocycles. The van der Waals surface area contributed by atoms with E-state index in [4.69, 9.17) is 0 Å². The lowest BCUT2D eigenvalue weighted by Crippen LogP contribution is -2.36. The summed E-state index contributed by atoms with van der Waals surface area (Å²) in [5.74, 6) is -0.0954. The number of amides is 1. The minimum absolute atomic E-state index is 0.0954. The second-order valence-electron chi connectivity index (χ2n) is 5.19. The number of carbonyl (C=O) groups excluding carboxylic acids is 1. The zero-order valence-electron chi connectivity index (χ0n) is 11.5. The van der Waals surface area contributed by atoms with E-state index in [-0.39, 0.29) is 10.8 Å². The van der Waals surface area contributed by atoms with Gasteiger partial charge in [-0.1, -0.05) is 42.5 Å². The average Bonchev–Trinajstić information content (AvgIpc) is 2.45. The maximum absolute atomic E-state index is 12.0. The third kappa shape index (κ3) is 2.56. The van der Waals surface area contributed by atoms with E-state index in [0.717, 1.165) is 11.1 Å². The van der Waals surface area contributed by atoms with Crippen LogP contribution in [-0.4, -0.2) is 20.6 Å². The van der Waals surface area contributed by atoms with Gasteiger partial charge in [0.05, 0.1) is 17.4 Å². The first-order valence-corrected chi connectivity index (χ1v) is 8.52. The molecule has 2 aromatic carbocycles. The Balaban J connectivity index is 2.21. The molecule has 0 bridgehead atoms. The molecule has 0 fully saturated rings. The van der Waals surface area contributed by atoms with Gasteiger partial charge in [0.2, 0.25) is 5.91 Å². The van der Waals surface area contributed by atoms with Crippen molar-refractivity contribution < 1.29 is 13.2 Å². The number of nitrogens with one attached hydrogen (secondary N) is 1. The number of carbonyl (C=O) groups is 1. The van der Waals surface area contributed by atoms with E-state index in [9.17, 15) is 13.2 Å². The Hall–Kier alpha value is -2.14. The van der Waals surface area contributed by atoms with Crippen molar-refractivity contribution in [2.75, 3.05) is 6.26 Å². The van der Waals surface area contributed by atoms with Crippen LogP contribution in [0.1, 0.15) is 22.7 Å². The number of hydrogen-bond acceptors (Lipinski definition) is 3. The monoisotopic (exact) mass is 301 g/mol. The highest BCUT2D eigenvalue weighted by Gasteiger charge is 2.28. The highest BCUT2D eigenvalue weighted by molar-refractivity contribution is 7.90. The van der Waals surface area contributed by atoms with Crippen LogP contribution in [0.4, 0.5) is 0 Å². The normalized spacial score (nSPS) is 18.0. The lowest BCUT2D eigenvalue weighted by Gasteiger charge is -2.28. The van der Waals surface area contributed by atoms with E-state index in [1.54, 1.807) is 24.3 Å². The summed E-state index contributed by atoms with van der Waals surface area (Å²) >= 11 is 0. The van der Waals surface area contributed by atoms with Crippen LogP contribution in [0.3, 0.4) is 0 Å². The van der Waals surface area contributed by atoms with Gasteiger partial charge in [-0.2, -0.15) is 0 Å². The predicted octanol–water partition coefficient (Wildman–Crippen LogP) is 1.85. The third-order valence-corrected chi connectivity index (χ3v) is 4.82. The van der Waals surface area contributed by atoms with Crippen LogP contribution in [0.5, 0.6) is 0 Å². The van der Waals surface area contributed by atoms with Crippen molar-refractivity contribution in [2.45, 2.75) is 17.4 Å². The van der Waals surface area contributed by atoms with Crippen LogP contribution < -0.4 is 5.32 Å². The Kier molecular flexibility index (Phi) is 3.29. The van der Waals surface area contributed by atoms with Crippen molar-refractivity contribution in [1.29, 1.82) is 0 Å². The minimum atomic E-state index is -3.35. The quantitative estimate of drug-likeness (QED) is 0.921. The van der Waals surface area contributed by atoms with Gasteiger partial charge in [-0.25, -0.2) is 8.42 Å². The lowest BCUT2D eigenvalue weighted by molar-refractivity contribution is -0.121. The van der Waals surface area contributed by atoms with E-state index in [2.05, 4.69) is 5.32 Å². The summed E-state index contributed by atoms with van der Waals surface area (Å²) in [5.41, 5.74) is 2.50. The minimum Gasteiger partial charge on any atom is -0.345 e. The average molecular weight is 301 g/mol. The van der Waals surface area contributed by atoms with Gasteiger partial charge in [-0.15, -0.1) is 0 Å². The van der Waals surface area contributed by atoms with E-state index in [0.29, 0.717) is 12.0 Å².